The van der Waals surface area contributed by atoms with Gasteiger partial charge in [-0.15, -0.1) is 5.10 Å². The average Bonchev–Trinajstić information content (AvgIpc) is 3.39. The van der Waals surface area contributed by atoms with Gasteiger partial charge in [0.05, 0.1) is 16.3 Å². The lowest BCUT2D eigenvalue weighted by molar-refractivity contribution is -0.123. The maximum absolute atomic E-state index is 13.8. The Balaban J connectivity index is 1.27. The molecule has 3 amide bonds. The Labute approximate surface area is 196 Å². The summed E-state index contributed by atoms with van der Waals surface area (Å²) in [4.78, 5) is 38.1. The van der Waals surface area contributed by atoms with Crippen molar-refractivity contribution in [1.29, 1.82) is 0 Å². The van der Waals surface area contributed by atoms with Crippen LogP contribution in [-0.2, 0) is 9.59 Å². The zero-order valence-corrected chi connectivity index (χ0v) is 18.7. The summed E-state index contributed by atoms with van der Waals surface area (Å²) in [6.45, 7) is 0.103. The molecule has 0 atom stereocenters. The van der Waals surface area contributed by atoms with Crippen molar-refractivity contribution in [3.63, 3.8) is 0 Å². The molecule has 4 rings (SSSR count). The van der Waals surface area contributed by atoms with Crippen LogP contribution in [0.25, 0.3) is 11.8 Å². The number of rotatable bonds is 8. The van der Waals surface area contributed by atoms with E-state index in [9.17, 15) is 18.8 Å². The molecule has 1 aliphatic heterocycles. The molecular weight excluding hydrogens is 467 g/mol. The van der Waals surface area contributed by atoms with Gasteiger partial charge >= 0.3 is 0 Å². The lowest BCUT2D eigenvalue weighted by Gasteiger charge is -2.12. The summed E-state index contributed by atoms with van der Waals surface area (Å²) in [7, 11) is 0. The van der Waals surface area contributed by atoms with Gasteiger partial charge in [0.1, 0.15) is 5.82 Å². The molecule has 0 aliphatic carbocycles. The highest BCUT2D eigenvalue weighted by Gasteiger charge is 2.34. The van der Waals surface area contributed by atoms with Gasteiger partial charge in [-0.05, 0) is 46.5 Å². The highest BCUT2D eigenvalue weighted by molar-refractivity contribution is 8.18. The number of benzene rings is 2. The van der Waals surface area contributed by atoms with Crippen molar-refractivity contribution < 1.29 is 18.8 Å². The van der Waals surface area contributed by atoms with Crippen LogP contribution in [0.5, 0.6) is 0 Å². The Kier molecular flexibility index (Phi) is 7.15. The van der Waals surface area contributed by atoms with Crippen LogP contribution >= 0.6 is 23.5 Å². The van der Waals surface area contributed by atoms with Gasteiger partial charge in [0.2, 0.25) is 11.1 Å². The number of carbonyl (C=O) groups excluding carboxylic acids is 3. The largest absolute Gasteiger partial charge is 0.354 e. The Morgan fingerprint density at radius 1 is 1.12 bits per heavy atom. The summed E-state index contributed by atoms with van der Waals surface area (Å²) in [6, 6.07) is 15.3. The predicted molar refractivity (Wildman–Crippen MR) is 122 cm³/mol. The van der Waals surface area contributed by atoms with E-state index in [1.165, 1.54) is 22.9 Å². The molecule has 1 N–H and O–H groups in total. The van der Waals surface area contributed by atoms with Crippen LogP contribution in [0, 0.1) is 5.82 Å². The van der Waals surface area contributed by atoms with E-state index in [1.807, 2.05) is 30.3 Å². The minimum Gasteiger partial charge on any atom is -0.354 e. The lowest BCUT2D eigenvalue weighted by atomic mass is 10.2. The van der Waals surface area contributed by atoms with Crippen LogP contribution in [0.1, 0.15) is 5.56 Å². The number of hydrogen-bond acceptors (Lipinski definition) is 8. The Bertz CT molecular complexity index is 1220. The van der Waals surface area contributed by atoms with E-state index in [0.717, 1.165) is 34.1 Å². The van der Waals surface area contributed by atoms with Gasteiger partial charge in [-0.1, -0.05) is 48.2 Å². The first-order chi connectivity index (χ1) is 16.0. The van der Waals surface area contributed by atoms with E-state index in [4.69, 9.17) is 0 Å². The first kappa shape index (κ1) is 22.7. The normalized spacial score (nSPS) is 14.8. The molecular formula is C21H17FN6O3S2. The van der Waals surface area contributed by atoms with E-state index in [1.54, 1.807) is 12.1 Å². The number of halogens is 1. The van der Waals surface area contributed by atoms with Gasteiger partial charge in [0.15, 0.2) is 0 Å². The van der Waals surface area contributed by atoms with Crippen molar-refractivity contribution in [3.8, 4) is 5.69 Å². The summed E-state index contributed by atoms with van der Waals surface area (Å²) in [5.41, 5.74) is 0.999. The molecule has 0 bridgehead atoms. The van der Waals surface area contributed by atoms with E-state index >= 15 is 0 Å². The van der Waals surface area contributed by atoms with Gasteiger partial charge < -0.3 is 5.32 Å². The first-order valence-corrected chi connectivity index (χ1v) is 11.6. The van der Waals surface area contributed by atoms with Crippen molar-refractivity contribution in [3.05, 3.63) is 70.9 Å². The maximum atomic E-state index is 13.8. The van der Waals surface area contributed by atoms with Crippen LogP contribution < -0.4 is 5.32 Å². The summed E-state index contributed by atoms with van der Waals surface area (Å²) >= 11 is 1.90. The van der Waals surface area contributed by atoms with E-state index in [-0.39, 0.29) is 35.2 Å². The van der Waals surface area contributed by atoms with Crippen molar-refractivity contribution in [2.75, 3.05) is 18.8 Å². The molecule has 3 aromatic rings. The highest BCUT2D eigenvalue weighted by atomic mass is 32.2. The third kappa shape index (κ3) is 5.46. The number of carbonyl (C=O) groups is 3. The number of imide groups is 1. The fourth-order valence-corrected chi connectivity index (χ4v) is 4.49. The minimum atomic E-state index is -0.515. The number of para-hydroxylation sites is 1. The molecule has 9 nitrogen and oxygen atoms in total. The topological polar surface area (TPSA) is 110 Å². The zero-order valence-electron chi connectivity index (χ0n) is 17.1. The average molecular weight is 485 g/mol. The summed E-state index contributed by atoms with van der Waals surface area (Å²) < 4.78 is 15.4. The van der Waals surface area contributed by atoms with E-state index < -0.39 is 17.0 Å². The minimum absolute atomic E-state index is 0.0113. The Morgan fingerprint density at radius 3 is 2.67 bits per heavy atom. The van der Waals surface area contributed by atoms with Crippen molar-refractivity contribution in [1.82, 2.24) is 30.4 Å². The molecule has 0 unspecified atom stereocenters. The number of thioether (sulfide) groups is 2. The van der Waals surface area contributed by atoms with Crippen molar-refractivity contribution in [2.45, 2.75) is 5.16 Å². The van der Waals surface area contributed by atoms with E-state index in [2.05, 4.69) is 20.8 Å². The molecule has 0 saturated carbocycles. The predicted octanol–water partition coefficient (Wildman–Crippen LogP) is 2.75. The SMILES string of the molecule is O=C(CSc1nnnn1-c1ccccc1)NCCN1C(=O)SC(=Cc2ccccc2F)C1=O. The number of nitrogens with one attached hydrogen (secondary N) is 1. The Morgan fingerprint density at radius 2 is 1.88 bits per heavy atom. The fraction of sp³-hybridized carbons (Fsp3) is 0.143. The molecule has 12 heteroatoms. The molecule has 0 spiro atoms. The molecule has 1 saturated heterocycles. The molecule has 168 valence electrons. The third-order valence-electron chi connectivity index (χ3n) is 4.50. The lowest BCUT2D eigenvalue weighted by Crippen LogP contribution is -2.37. The number of nitrogens with zero attached hydrogens (tertiary/aromatic N) is 5. The quantitative estimate of drug-likeness (QED) is 0.384. The van der Waals surface area contributed by atoms with Crippen LogP contribution in [0.15, 0.2) is 64.7 Å². The van der Waals surface area contributed by atoms with Gasteiger partial charge in [0, 0.05) is 18.7 Å². The second-order valence-electron chi connectivity index (χ2n) is 6.70. The number of hydrogen-bond donors (Lipinski definition) is 1. The van der Waals surface area contributed by atoms with Gasteiger partial charge in [-0.25, -0.2) is 4.39 Å². The fourth-order valence-electron chi connectivity index (χ4n) is 2.91. The summed E-state index contributed by atoms with van der Waals surface area (Å²) in [5.74, 6) is -1.23. The van der Waals surface area contributed by atoms with Crippen LogP contribution in [-0.4, -0.2) is 61.0 Å². The number of aromatic nitrogens is 4. The van der Waals surface area contributed by atoms with Crippen LogP contribution in [0.4, 0.5) is 9.18 Å². The molecule has 2 heterocycles. The smallest absolute Gasteiger partial charge is 0.293 e. The van der Waals surface area contributed by atoms with Crippen molar-refractivity contribution >= 4 is 46.7 Å². The molecule has 1 aromatic heterocycles. The van der Waals surface area contributed by atoms with Crippen molar-refractivity contribution in [2.24, 2.45) is 0 Å². The second-order valence-corrected chi connectivity index (χ2v) is 8.64. The second kappa shape index (κ2) is 10.4. The highest BCUT2D eigenvalue weighted by Crippen LogP contribution is 2.32. The summed E-state index contributed by atoms with van der Waals surface area (Å²) in [5, 5.41) is 14.2. The summed E-state index contributed by atoms with van der Waals surface area (Å²) in [6.07, 6.45) is 1.35. The number of amides is 3. The molecule has 0 radical (unpaired) electrons. The molecule has 33 heavy (non-hydrogen) atoms. The zero-order chi connectivity index (χ0) is 23.2. The monoisotopic (exact) mass is 484 g/mol. The third-order valence-corrected chi connectivity index (χ3v) is 6.32. The van der Waals surface area contributed by atoms with Gasteiger partial charge in [0.25, 0.3) is 11.1 Å². The van der Waals surface area contributed by atoms with Gasteiger partial charge in [-0.2, -0.15) is 4.68 Å². The number of tetrazole rings is 1. The van der Waals surface area contributed by atoms with E-state index in [0.29, 0.717) is 5.16 Å². The molecule has 1 fully saturated rings. The maximum Gasteiger partial charge on any atom is 0.293 e. The Hall–Kier alpha value is -3.51. The standard InChI is InChI=1S/C21H17FN6O3S2/c22-16-9-5-4-6-14(16)12-17-19(30)27(21(31)33-17)11-10-23-18(29)13-32-20-24-25-26-28(20)15-7-2-1-3-8-15/h1-9,12H,10-11,13H2,(H,23,29). The first-order valence-electron chi connectivity index (χ1n) is 9.76. The molecule has 2 aromatic carbocycles. The molecule has 1 aliphatic rings. The van der Waals surface area contributed by atoms with Gasteiger partial charge in [-0.3, -0.25) is 19.3 Å². The van der Waals surface area contributed by atoms with Crippen LogP contribution in [0.2, 0.25) is 0 Å². The van der Waals surface area contributed by atoms with Crippen LogP contribution in [0.3, 0.4) is 0 Å².